The number of thiophene rings is 1. The van der Waals surface area contributed by atoms with Crippen LogP contribution in [0.4, 0.5) is 0 Å². The lowest BCUT2D eigenvalue weighted by atomic mass is 10.1. The number of aliphatic carboxylic acids is 1. The zero-order chi connectivity index (χ0) is 16.0. The first-order valence-electron chi connectivity index (χ1n) is 5.99. The van der Waals surface area contributed by atoms with Gasteiger partial charge in [0.2, 0.25) is 5.91 Å². The molecule has 9 heteroatoms. The average molecular weight is 331 g/mol. The Bertz CT molecular complexity index is 517. The van der Waals surface area contributed by atoms with Gasteiger partial charge in [0, 0.05) is 4.75 Å². The number of carboxylic acid groups (broad SMARTS) is 1. The maximum Gasteiger partial charge on any atom is 0.321 e. The topological polar surface area (TPSA) is 122 Å². The van der Waals surface area contributed by atoms with E-state index in [1.165, 1.54) is 11.3 Å². The fourth-order valence-corrected chi connectivity index (χ4v) is 2.75. The van der Waals surface area contributed by atoms with Gasteiger partial charge in [-0.1, -0.05) is 6.07 Å². The Morgan fingerprint density at radius 3 is 2.62 bits per heavy atom. The summed E-state index contributed by atoms with van der Waals surface area (Å²) in [6.45, 7) is 3.29. The Labute approximate surface area is 130 Å². The van der Waals surface area contributed by atoms with Crippen molar-refractivity contribution in [1.82, 2.24) is 10.9 Å². The summed E-state index contributed by atoms with van der Waals surface area (Å²) < 4.78 is -0.805. The summed E-state index contributed by atoms with van der Waals surface area (Å²) in [5.74, 6) is -1.97. The van der Waals surface area contributed by atoms with E-state index in [0.29, 0.717) is 4.88 Å². The van der Waals surface area contributed by atoms with Crippen molar-refractivity contribution in [3.63, 3.8) is 0 Å². The predicted molar refractivity (Wildman–Crippen MR) is 82.1 cm³/mol. The van der Waals surface area contributed by atoms with Gasteiger partial charge in [-0.3, -0.25) is 25.2 Å². The van der Waals surface area contributed by atoms with Crippen molar-refractivity contribution >= 4 is 40.9 Å². The molecule has 1 rings (SSSR count). The molecule has 0 aliphatic heterocycles. The van der Waals surface area contributed by atoms with Crippen LogP contribution < -0.4 is 16.6 Å². The molecule has 21 heavy (non-hydrogen) atoms. The Balaban J connectivity index is 2.37. The molecule has 0 unspecified atom stereocenters. The Morgan fingerprint density at radius 1 is 1.43 bits per heavy atom. The molecule has 0 fully saturated rings. The summed E-state index contributed by atoms with van der Waals surface area (Å²) in [5.41, 5.74) is 10.1. The molecule has 1 aromatic rings. The number of carbonyl (C=O) groups is 3. The number of nitrogens with two attached hydrogens (primary N) is 1. The monoisotopic (exact) mass is 331 g/mol. The normalized spacial score (nSPS) is 12.5. The van der Waals surface area contributed by atoms with Gasteiger partial charge in [0.1, 0.15) is 6.04 Å². The molecule has 7 nitrogen and oxygen atoms in total. The van der Waals surface area contributed by atoms with Crippen molar-refractivity contribution in [3.05, 3.63) is 22.4 Å². The van der Waals surface area contributed by atoms with Crippen LogP contribution in [0, 0.1) is 0 Å². The molecule has 0 bridgehead atoms. The molecule has 1 aromatic heterocycles. The highest BCUT2D eigenvalue weighted by atomic mass is 32.2. The number of nitrogens with one attached hydrogen (secondary N) is 2. The molecule has 0 aliphatic carbocycles. The summed E-state index contributed by atoms with van der Waals surface area (Å²) in [6.07, 6.45) is 0. The highest BCUT2D eigenvalue weighted by molar-refractivity contribution is 8.01. The van der Waals surface area contributed by atoms with Crippen LogP contribution in [0.3, 0.4) is 0 Å². The number of hydrogen-bond donors (Lipinski definition) is 4. The molecule has 2 amide bonds. The molecule has 1 atom stereocenters. The van der Waals surface area contributed by atoms with Crippen LogP contribution in [0.15, 0.2) is 17.5 Å². The van der Waals surface area contributed by atoms with Crippen LogP contribution in [0.5, 0.6) is 0 Å². The van der Waals surface area contributed by atoms with E-state index in [1.54, 1.807) is 31.4 Å². The predicted octanol–water partition coefficient (Wildman–Crippen LogP) is 0.433. The quantitative estimate of drug-likeness (QED) is 0.561. The second-order valence-electron chi connectivity index (χ2n) is 4.69. The number of carboxylic acids is 1. The maximum absolute atomic E-state index is 11.6. The van der Waals surface area contributed by atoms with Crippen molar-refractivity contribution in [2.24, 2.45) is 5.73 Å². The highest BCUT2D eigenvalue weighted by Crippen LogP contribution is 2.27. The fourth-order valence-electron chi connectivity index (χ4n) is 1.27. The van der Waals surface area contributed by atoms with Crippen molar-refractivity contribution in [2.75, 3.05) is 5.75 Å². The van der Waals surface area contributed by atoms with E-state index in [0.717, 1.165) is 11.8 Å². The number of rotatable bonds is 6. The van der Waals surface area contributed by atoms with Gasteiger partial charge in [0.15, 0.2) is 0 Å². The summed E-state index contributed by atoms with van der Waals surface area (Å²) in [6, 6.07) is 2.28. The van der Waals surface area contributed by atoms with Gasteiger partial charge >= 0.3 is 5.97 Å². The molecule has 0 aliphatic rings. The third-order valence-corrected chi connectivity index (χ3v) is 4.92. The minimum atomic E-state index is -1.13. The van der Waals surface area contributed by atoms with E-state index in [9.17, 15) is 14.4 Å². The standard InChI is InChI=1S/C12H17N3O4S2/c1-12(2,9(13)11(18)19)21-6-8(16)14-15-10(17)7-4-3-5-20-7/h3-5,9H,6,13H2,1-2H3,(H,14,16)(H,15,17)(H,18,19)/t9-/m0/s1. The zero-order valence-corrected chi connectivity index (χ0v) is 13.2. The molecule has 116 valence electrons. The molecular formula is C12H17N3O4S2. The Morgan fingerprint density at radius 2 is 2.10 bits per heavy atom. The molecule has 0 radical (unpaired) electrons. The van der Waals surface area contributed by atoms with Crippen LogP contribution in [-0.2, 0) is 9.59 Å². The van der Waals surface area contributed by atoms with Crippen molar-refractivity contribution < 1.29 is 19.5 Å². The third-order valence-electron chi connectivity index (χ3n) is 2.65. The molecular weight excluding hydrogens is 314 g/mol. The van der Waals surface area contributed by atoms with Gasteiger partial charge in [-0.05, 0) is 25.3 Å². The van der Waals surface area contributed by atoms with Gasteiger partial charge in [-0.2, -0.15) is 0 Å². The lowest BCUT2D eigenvalue weighted by Gasteiger charge is -2.27. The first-order valence-corrected chi connectivity index (χ1v) is 7.85. The lowest BCUT2D eigenvalue weighted by molar-refractivity contribution is -0.139. The first-order chi connectivity index (χ1) is 9.74. The van der Waals surface area contributed by atoms with Gasteiger partial charge in [-0.25, -0.2) is 0 Å². The third kappa shape index (κ3) is 5.37. The zero-order valence-electron chi connectivity index (χ0n) is 11.6. The molecule has 0 saturated carbocycles. The van der Waals surface area contributed by atoms with E-state index in [4.69, 9.17) is 10.8 Å². The van der Waals surface area contributed by atoms with Gasteiger partial charge in [0.05, 0.1) is 10.6 Å². The van der Waals surface area contributed by atoms with Crippen LogP contribution in [0.1, 0.15) is 23.5 Å². The summed E-state index contributed by atoms with van der Waals surface area (Å²) >= 11 is 2.36. The van der Waals surface area contributed by atoms with Gasteiger partial charge < -0.3 is 10.8 Å². The lowest BCUT2D eigenvalue weighted by Crippen LogP contribution is -2.48. The second kappa shape index (κ2) is 7.43. The van der Waals surface area contributed by atoms with Crippen LogP contribution in [0.25, 0.3) is 0 Å². The average Bonchev–Trinajstić information content (AvgIpc) is 2.95. The molecule has 5 N–H and O–H groups in total. The first kappa shape index (κ1) is 17.5. The Hall–Kier alpha value is -1.58. The maximum atomic E-state index is 11.6. The number of hydrogen-bond acceptors (Lipinski definition) is 6. The minimum Gasteiger partial charge on any atom is -0.480 e. The summed E-state index contributed by atoms with van der Waals surface area (Å²) in [4.78, 5) is 34.5. The number of carbonyl (C=O) groups excluding carboxylic acids is 2. The Kier molecular flexibility index (Phi) is 6.19. The van der Waals surface area contributed by atoms with E-state index in [-0.39, 0.29) is 5.75 Å². The van der Waals surface area contributed by atoms with E-state index >= 15 is 0 Å². The molecule has 1 heterocycles. The van der Waals surface area contributed by atoms with Crippen LogP contribution in [-0.4, -0.2) is 39.4 Å². The smallest absolute Gasteiger partial charge is 0.321 e. The van der Waals surface area contributed by atoms with Gasteiger partial charge in [0.25, 0.3) is 5.91 Å². The van der Waals surface area contributed by atoms with Crippen molar-refractivity contribution in [3.8, 4) is 0 Å². The van der Waals surface area contributed by atoms with Crippen LogP contribution in [0.2, 0.25) is 0 Å². The fraction of sp³-hybridized carbons (Fsp3) is 0.417. The second-order valence-corrected chi connectivity index (χ2v) is 7.26. The number of thioether (sulfide) groups is 1. The van der Waals surface area contributed by atoms with E-state index in [2.05, 4.69) is 10.9 Å². The summed E-state index contributed by atoms with van der Waals surface area (Å²) in [7, 11) is 0. The highest BCUT2D eigenvalue weighted by Gasteiger charge is 2.33. The van der Waals surface area contributed by atoms with Crippen molar-refractivity contribution in [2.45, 2.75) is 24.6 Å². The number of hydrazine groups is 1. The minimum absolute atomic E-state index is 0.0152. The molecule has 0 saturated heterocycles. The van der Waals surface area contributed by atoms with Crippen molar-refractivity contribution in [1.29, 1.82) is 0 Å². The largest absolute Gasteiger partial charge is 0.480 e. The van der Waals surface area contributed by atoms with E-state index in [1.807, 2.05) is 0 Å². The molecule has 0 spiro atoms. The summed E-state index contributed by atoms with van der Waals surface area (Å²) in [5, 5.41) is 10.6. The number of amides is 2. The van der Waals surface area contributed by atoms with Crippen LogP contribution >= 0.6 is 23.1 Å². The van der Waals surface area contributed by atoms with Gasteiger partial charge in [-0.15, -0.1) is 23.1 Å². The SMILES string of the molecule is CC(C)(SCC(=O)NNC(=O)c1cccs1)[C@@H](N)C(=O)O. The molecule has 0 aromatic carbocycles. The van der Waals surface area contributed by atoms with E-state index < -0.39 is 28.6 Å².